The molecule has 0 saturated heterocycles. The van der Waals surface area contributed by atoms with E-state index in [1.807, 2.05) is 53.5 Å². The number of hydrogen-bond acceptors (Lipinski definition) is 3. The van der Waals surface area contributed by atoms with E-state index >= 15 is 0 Å². The van der Waals surface area contributed by atoms with Crippen LogP contribution >= 0.6 is 27.5 Å². The lowest BCUT2D eigenvalue weighted by Crippen LogP contribution is -2.34. The number of fused-ring (bicyclic) bond motifs is 3. The summed E-state index contributed by atoms with van der Waals surface area (Å²) in [6.45, 7) is 0. The van der Waals surface area contributed by atoms with E-state index in [0.717, 1.165) is 27.1 Å². The lowest BCUT2D eigenvalue weighted by atomic mass is 9.96. The van der Waals surface area contributed by atoms with Gasteiger partial charge in [-0.15, -0.1) is 0 Å². The zero-order chi connectivity index (χ0) is 19.3. The van der Waals surface area contributed by atoms with Crippen LogP contribution in [0.15, 0.2) is 76.3 Å². The molecule has 0 bridgehead atoms. The summed E-state index contributed by atoms with van der Waals surface area (Å²) in [5.41, 5.74) is 3.32. The predicted octanol–water partition coefficient (Wildman–Crippen LogP) is 6.48. The molecule has 5 rings (SSSR count). The minimum absolute atomic E-state index is 0.0582. The predicted molar refractivity (Wildman–Crippen MR) is 111 cm³/mol. The molecule has 28 heavy (non-hydrogen) atoms. The largest absolute Gasteiger partial charge is 0.464 e. The van der Waals surface area contributed by atoms with Gasteiger partial charge in [-0.05, 0) is 35.9 Å². The van der Waals surface area contributed by atoms with Crippen LogP contribution in [0.3, 0.4) is 0 Å². The van der Waals surface area contributed by atoms with Gasteiger partial charge in [0.25, 0.3) is 0 Å². The van der Waals surface area contributed by atoms with Crippen molar-refractivity contribution in [3.05, 3.63) is 98.7 Å². The Labute approximate surface area is 175 Å². The third kappa shape index (κ3) is 2.90. The van der Waals surface area contributed by atoms with Crippen LogP contribution in [-0.2, 0) is 0 Å². The van der Waals surface area contributed by atoms with Crippen LogP contribution in [0.4, 0.5) is 4.39 Å². The van der Waals surface area contributed by atoms with E-state index in [1.165, 1.54) is 6.07 Å². The minimum Gasteiger partial charge on any atom is -0.464 e. The lowest BCUT2D eigenvalue weighted by Gasteiger charge is -2.38. The SMILES string of the molecule is Fc1cccc(Cl)c1[C@H]1Oc2ccc(Br)cc2[C@@H]2CC(c3ccccc3)=NN12. The second-order valence-electron chi connectivity index (χ2n) is 6.80. The molecular weight excluding hydrogens is 443 g/mol. The summed E-state index contributed by atoms with van der Waals surface area (Å²) in [6.07, 6.45) is -0.0204. The van der Waals surface area contributed by atoms with Gasteiger partial charge in [-0.25, -0.2) is 9.40 Å². The van der Waals surface area contributed by atoms with Crippen molar-refractivity contribution in [2.45, 2.75) is 18.7 Å². The summed E-state index contributed by atoms with van der Waals surface area (Å²) in [5.74, 6) is 0.318. The Bertz CT molecular complexity index is 1070. The average molecular weight is 458 g/mol. The maximum atomic E-state index is 14.7. The van der Waals surface area contributed by atoms with Crippen LogP contribution in [0.25, 0.3) is 0 Å². The van der Waals surface area contributed by atoms with E-state index in [0.29, 0.717) is 17.0 Å². The van der Waals surface area contributed by atoms with Crippen molar-refractivity contribution in [1.29, 1.82) is 0 Å². The first-order chi connectivity index (χ1) is 13.6. The molecule has 0 aliphatic carbocycles. The van der Waals surface area contributed by atoms with Gasteiger partial charge in [-0.2, -0.15) is 5.10 Å². The molecule has 0 spiro atoms. The fraction of sp³-hybridized carbons (Fsp3) is 0.136. The minimum atomic E-state index is -0.728. The Balaban J connectivity index is 1.66. The molecule has 0 aromatic heterocycles. The highest BCUT2D eigenvalue weighted by molar-refractivity contribution is 9.10. The first-order valence-corrected chi connectivity index (χ1v) is 10.1. The number of nitrogens with zero attached hydrogens (tertiary/aromatic N) is 2. The lowest BCUT2D eigenvalue weighted by molar-refractivity contribution is -0.0211. The van der Waals surface area contributed by atoms with Crippen LogP contribution < -0.4 is 4.74 Å². The molecule has 0 fully saturated rings. The molecule has 2 aliphatic rings. The molecule has 2 heterocycles. The van der Waals surface area contributed by atoms with Gasteiger partial charge in [-0.3, -0.25) is 0 Å². The first kappa shape index (κ1) is 17.7. The topological polar surface area (TPSA) is 24.8 Å². The van der Waals surface area contributed by atoms with Gasteiger partial charge in [0, 0.05) is 16.5 Å². The highest BCUT2D eigenvalue weighted by Gasteiger charge is 2.42. The van der Waals surface area contributed by atoms with Gasteiger partial charge in [-0.1, -0.05) is 63.9 Å². The average Bonchev–Trinajstić information content (AvgIpc) is 3.15. The molecule has 3 aromatic carbocycles. The van der Waals surface area contributed by atoms with Crippen LogP contribution in [0.1, 0.15) is 35.4 Å². The molecule has 2 aliphatic heterocycles. The van der Waals surface area contributed by atoms with Crippen molar-refractivity contribution in [2.24, 2.45) is 5.10 Å². The molecule has 0 radical (unpaired) electrons. The smallest absolute Gasteiger partial charge is 0.218 e. The van der Waals surface area contributed by atoms with E-state index in [2.05, 4.69) is 15.9 Å². The van der Waals surface area contributed by atoms with E-state index < -0.39 is 12.0 Å². The fourth-order valence-electron chi connectivity index (χ4n) is 3.80. The van der Waals surface area contributed by atoms with Gasteiger partial charge < -0.3 is 4.74 Å². The van der Waals surface area contributed by atoms with Gasteiger partial charge in [0.15, 0.2) is 0 Å². The Morgan fingerprint density at radius 1 is 1.07 bits per heavy atom. The molecule has 0 saturated carbocycles. The molecule has 0 amide bonds. The number of benzene rings is 3. The van der Waals surface area contributed by atoms with Crippen molar-refractivity contribution in [3.63, 3.8) is 0 Å². The Kier molecular flexibility index (Phi) is 4.37. The molecule has 140 valence electrons. The van der Waals surface area contributed by atoms with Gasteiger partial charge >= 0.3 is 0 Å². The first-order valence-electron chi connectivity index (χ1n) is 8.93. The molecule has 0 unspecified atom stereocenters. The van der Waals surface area contributed by atoms with Crippen molar-refractivity contribution in [2.75, 3.05) is 0 Å². The van der Waals surface area contributed by atoms with Gasteiger partial charge in [0.05, 0.1) is 22.3 Å². The normalized spacial score (nSPS) is 20.2. The van der Waals surface area contributed by atoms with Crippen molar-refractivity contribution >= 4 is 33.2 Å². The molecule has 2 atom stereocenters. The van der Waals surface area contributed by atoms with Crippen LogP contribution in [0.2, 0.25) is 5.02 Å². The Morgan fingerprint density at radius 3 is 2.68 bits per heavy atom. The summed E-state index contributed by atoms with van der Waals surface area (Å²) in [4.78, 5) is 0. The van der Waals surface area contributed by atoms with E-state index in [9.17, 15) is 4.39 Å². The molecule has 0 N–H and O–H groups in total. The van der Waals surface area contributed by atoms with Crippen LogP contribution in [0, 0.1) is 5.82 Å². The van der Waals surface area contributed by atoms with Crippen molar-refractivity contribution in [3.8, 4) is 5.75 Å². The van der Waals surface area contributed by atoms with E-state index in [1.54, 1.807) is 12.1 Å². The van der Waals surface area contributed by atoms with Gasteiger partial charge in [0.2, 0.25) is 6.23 Å². The van der Waals surface area contributed by atoms with Crippen LogP contribution in [0.5, 0.6) is 5.75 Å². The number of halogens is 3. The highest BCUT2D eigenvalue weighted by Crippen LogP contribution is 2.49. The van der Waals surface area contributed by atoms with E-state index in [4.69, 9.17) is 21.4 Å². The molecule has 3 nitrogen and oxygen atoms in total. The fourth-order valence-corrected chi connectivity index (χ4v) is 4.44. The number of rotatable bonds is 2. The number of hydrogen-bond donors (Lipinski definition) is 0. The zero-order valence-corrected chi connectivity index (χ0v) is 17.0. The maximum absolute atomic E-state index is 14.7. The molecule has 3 aromatic rings. The molecule has 6 heteroatoms. The number of ether oxygens (including phenoxy) is 1. The third-order valence-electron chi connectivity index (χ3n) is 5.11. The zero-order valence-electron chi connectivity index (χ0n) is 14.6. The second kappa shape index (κ2) is 6.90. The quantitative estimate of drug-likeness (QED) is 0.440. The summed E-state index contributed by atoms with van der Waals surface area (Å²) in [6, 6.07) is 20.5. The summed E-state index contributed by atoms with van der Waals surface area (Å²) in [7, 11) is 0. The van der Waals surface area contributed by atoms with Crippen LogP contribution in [-0.4, -0.2) is 10.7 Å². The van der Waals surface area contributed by atoms with Crippen molar-refractivity contribution < 1.29 is 9.13 Å². The second-order valence-corrected chi connectivity index (χ2v) is 8.12. The number of hydrazone groups is 1. The van der Waals surface area contributed by atoms with Gasteiger partial charge in [0.1, 0.15) is 11.6 Å². The molecular formula is C22H15BrClFN2O. The standard InChI is InChI=1S/C22H15BrClFN2O/c23-14-9-10-20-15(11-14)19-12-18(13-5-2-1-3-6-13)26-27(19)22(28-20)21-16(24)7-4-8-17(21)25/h1-11,19,22H,12H2/t19-,22+/m0/s1. The Hall–Kier alpha value is -2.37. The summed E-state index contributed by atoms with van der Waals surface area (Å²) < 4.78 is 21.9. The van der Waals surface area contributed by atoms with Crippen molar-refractivity contribution in [1.82, 2.24) is 5.01 Å². The monoisotopic (exact) mass is 456 g/mol. The Morgan fingerprint density at radius 2 is 1.89 bits per heavy atom. The highest BCUT2D eigenvalue weighted by atomic mass is 79.9. The maximum Gasteiger partial charge on any atom is 0.218 e. The third-order valence-corrected chi connectivity index (χ3v) is 5.93. The van der Waals surface area contributed by atoms with E-state index in [-0.39, 0.29) is 6.04 Å². The summed E-state index contributed by atoms with van der Waals surface area (Å²) >= 11 is 9.89. The summed E-state index contributed by atoms with van der Waals surface area (Å²) in [5, 5.41) is 6.99.